The van der Waals surface area contributed by atoms with Gasteiger partial charge in [-0.3, -0.25) is 0 Å². The Kier molecular flexibility index (Phi) is 5.42. The van der Waals surface area contributed by atoms with E-state index in [4.69, 9.17) is 9.84 Å². The maximum absolute atomic E-state index is 11.6. The van der Waals surface area contributed by atoms with Crippen LogP contribution in [0.15, 0.2) is 24.3 Å². The molecular weight excluding hydrogens is 236 g/mol. The zero-order chi connectivity index (χ0) is 12.7. The van der Waals surface area contributed by atoms with Crippen LogP contribution >= 0.6 is 0 Å². The number of carbonyl (C=O) groups excluding carboxylic acids is 1. The number of rotatable bonds is 6. The lowest BCUT2D eigenvalue weighted by Gasteiger charge is -2.06. The zero-order valence-electron chi connectivity index (χ0n) is 9.31. The third kappa shape index (κ3) is 4.03. The topological polar surface area (TPSA) is 63.6 Å². The Morgan fingerprint density at radius 2 is 1.82 bits per heavy atom. The molecule has 0 aliphatic heterocycles. The largest absolute Gasteiger partial charge is 0.478 e. The molecule has 0 aliphatic carbocycles. The Labute approximate surface area is 103 Å². The third-order valence-electron chi connectivity index (χ3n) is 2.18. The van der Waals surface area contributed by atoms with E-state index in [-0.39, 0.29) is 11.1 Å². The highest BCUT2D eigenvalue weighted by Crippen LogP contribution is 2.10. The maximum atomic E-state index is 11.6. The van der Waals surface area contributed by atoms with Crippen LogP contribution in [-0.2, 0) is 4.74 Å². The number of benzene rings is 1. The number of hydrogen-bond donors (Lipinski definition) is 1. The van der Waals surface area contributed by atoms with E-state index in [1.165, 1.54) is 12.1 Å². The molecule has 17 heavy (non-hydrogen) atoms. The molecule has 0 atom stereocenters. The lowest BCUT2D eigenvalue weighted by Crippen LogP contribution is -2.12. The number of carbonyl (C=O) groups is 2. The molecule has 0 spiro atoms. The number of aromatic carboxylic acids is 1. The van der Waals surface area contributed by atoms with Gasteiger partial charge in [0.2, 0.25) is 0 Å². The van der Waals surface area contributed by atoms with Crippen molar-refractivity contribution in [3.05, 3.63) is 35.4 Å². The fourth-order valence-electron chi connectivity index (χ4n) is 1.32. The molecule has 0 bridgehead atoms. The van der Waals surface area contributed by atoms with Crippen molar-refractivity contribution >= 4 is 22.2 Å². The van der Waals surface area contributed by atoms with Crippen LogP contribution in [0.4, 0.5) is 0 Å². The van der Waals surface area contributed by atoms with E-state index in [0.717, 1.165) is 18.9 Å². The van der Waals surface area contributed by atoms with E-state index >= 15 is 0 Å². The Bertz CT molecular complexity index is 403. The van der Waals surface area contributed by atoms with Crippen LogP contribution in [0.2, 0.25) is 6.04 Å². The van der Waals surface area contributed by atoms with Crippen molar-refractivity contribution in [3.8, 4) is 0 Å². The number of carboxylic acid groups (broad SMARTS) is 1. The van der Waals surface area contributed by atoms with Crippen LogP contribution in [0.5, 0.6) is 0 Å². The molecule has 1 rings (SSSR count). The number of unbranched alkanes of at least 4 members (excludes halogenated alkanes) is 1. The van der Waals surface area contributed by atoms with Crippen LogP contribution in [0.25, 0.3) is 0 Å². The zero-order valence-corrected chi connectivity index (χ0v) is 10.3. The summed E-state index contributed by atoms with van der Waals surface area (Å²) in [5.74, 6) is -1.71. The van der Waals surface area contributed by atoms with Gasteiger partial charge < -0.3 is 9.84 Å². The number of esters is 1. The molecule has 0 aliphatic rings. The molecule has 5 heteroatoms. The first-order chi connectivity index (χ1) is 8.16. The van der Waals surface area contributed by atoms with Gasteiger partial charge >= 0.3 is 11.9 Å². The predicted octanol–water partition coefficient (Wildman–Crippen LogP) is 1.91. The van der Waals surface area contributed by atoms with Crippen molar-refractivity contribution in [1.82, 2.24) is 0 Å². The molecule has 0 heterocycles. The van der Waals surface area contributed by atoms with Gasteiger partial charge in [-0.1, -0.05) is 24.6 Å². The van der Waals surface area contributed by atoms with E-state index in [9.17, 15) is 9.59 Å². The molecule has 0 saturated carbocycles. The van der Waals surface area contributed by atoms with Crippen molar-refractivity contribution in [2.45, 2.75) is 18.9 Å². The van der Waals surface area contributed by atoms with Crippen molar-refractivity contribution in [1.29, 1.82) is 0 Å². The van der Waals surface area contributed by atoms with Gasteiger partial charge in [0.1, 0.15) is 0 Å². The van der Waals surface area contributed by atoms with E-state index in [1.54, 1.807) is 12.1 Å². The summed E-state index contributed by atoms with van der Waals surface area (Å²) in [6, 6.07) is 6.88. The minimum atomic E-state index is -1.13. The molecule has 0 unspecified atom stereocenters. The van der Waals surface area contributed by atoms with Gasteiger partial charge in [-0.15, -0.1) is 0 Å². The van der Waals surface area contributed by atoms with Gasteiger partial charge in [-0.25, -0.2) is 9.59 Å². The maximum Gasteiger partial charge on any atom is 0.339 e. The summed E-state index contributed by atoms with van der Waals surface area (Å²) in [4.78, 5) is 22.5. The SMILES string of the molecule is O=C(O)c1ccccc1C(=O)OCCCC[Si]. The van der Waals surface area contributed by atoms with Crippen molar-refractivity contribution in [3.63, 3.8) is 0 Å². The summed E-state index contributed by atoms with van der Waals surface area (Å²) in [6.45, 7) is 0.303. The van der Waals surface area contributed by atoms with E-state index in [0.29, 0.717) is 6.61 Å². The second-order valence-corrected chi connectivity index (χ2v) is 3.94. The fourth-order valence-corrected chi connectivity index (χ4v) is 1.57. The van der Waals surface area contributed by atoms with Crippen LogP contribution in [0.1, 0.15) is 33.6 Å². The average molecular weight is 249 g/mol. The number of ether oxygens (including phenoxy) is 1. The molecule has 1 aromatic rings. The summed E-state index contributed by atoms with van der Waals surface area (Å²) in [6.07, 6.45) is 1.66. The van der Waals surface area contributed by atoms with E-state index in [1.807, 2.05) is 0 Å². The van der Waals surface area contributed by atoms with Gasteiger partial charge in [-0.2, -0.15) is 0 Å². The smallest absolute Gasteiger partial charge is 0.339 e. The molecule has 1 aromatic carbocycles. The number of carboxylic acids is 1. The summed E-state index contributed by atoms with van der Waals surface area (Å²) in [5.41, 5.74) is 0.0657. The lowest BCUT2D eigenvalue weighted by atomic mass is 10.1. The van der Waals surface area contributed by atoms with Crippen molar-refractivity contribution < 1.29 is 19.4 Å². The number of hydrogen-bond acceptors (Lipinski definition) is 3. The average Bonchev–Trinajstić information content (AvgIpc) is 2.34. The van der Waals surface area contributed by atoms with Crippen molar-refractivity contribution in [2.75, 3.05) is 6.61 Å². The fraction of sp³-hybridized carbons (Fsp3) is 0.333. The van der Waals surface area contributed by atoms with Gasteiger partial charge in [-0.05, 0) is 18.6 Å². The molecule has 3 radical (unpaired) electrons. The lowest BCUT2D eigenvalue weighted by molar-refractivity contribution is 0.0489. The molecule has 4 nitrogen and oxygen atoms in total. The molecule has 0 saturated heterocycles. The highest BCUT2D eigenvalue weighted by atomic mass is 28.1. The standard InChI is InChI=1S/C12H13O4Si/c13-11(14)9-5-1-2-6-10(9)12(15)16-7-3-4-8-17/h1-2,5-6H,3-4,7-8H2,(H,13,14). The minimum Gasteiger partial charge on any atom is -0.478 e. The Morgan fingerprint density at radius 3 is 2.41 bits per heavy atom. The summed E-state index contributed by atoms with van der Waals surface area (Å²) in [5, 5.41) is 8.91. The van der Waals surface area contributed by atoms with E-state index in [2.05, 4.69) is 10.2 Å². The second-order valence-electron chi connectivity index (χ2n) is 3.44. The van der Waals surface area contributed by atoms with Gasteiger partial charge in [0, 0.05) is 10.2 Å². The van der Waals surface area contributed by atoms with Crippen molar-refractivity contribution in [2.24, 2.45) is 0 Å². The molecule has 89 valence electrons. The van der Waals surface area contributed by atoms with Crippen LogP contribution in [-0.4, -0.2) is 33.9 Å². The highest BCUT2D eigenvalue weighted by molar-refractivity contribution is 6.08. The molecule has 0 aromatic heterocycles. The second kappa shape index (κ2) is 6.85. The molecule has 0 fully saturated rings. The van der Waals surface area contributed by atoms with E-state index < -0.39 is 11.9 Å². The highest BCUT2D eigenvalue weighted by Gasteiger charge is 2.16. The van der Waals surface area contributed by atoms with Crippen LogP contribution in [0, 0.1) is 0 Å². The quantitative estimate of drug-likeness (QED) is 0.475. The summed E-state index contributed by atoms with van der Waals surface area (Å²) in [7, 11) is 3.32. The molecular formula is C12H13O4Si. The summed E-state index contributed by atoms with van der Waals surface area (Å²) < 4.78 is 5.00. The molecule has 1 N–H and O–H groups in total. The third-order valence-corrected chi connectivity index (χ3v) is 2.54. The van der Waals surface area contributed by atoms with Gasteiger partial charge in [0.15, 0.2) is 0 Å². The molecule has 0 amide bonds. The first kappa shape index (κ1) is 13.4. The normalized spacial score (nSPS) is 9.94. The van der Waals surface area contributed by atoms with Gasteiger partial charge in [0.05, 0.1) is 17.7 Å². The minimum absolute atomic E-state index is 0.0300. The van der Waals surface area contributed by atoms with Gasteiger partial charge in [0.25, 0.3) is 0 Å². The Hall–Kier alpha value is -1.62. The summed E-state index contributed by atoms with van der Waals surface area (Å²) >= 11 is 0. The van der Waals surface area contributed by atoms with Crippen LogP contribution in [0.3, 0.4) is 0 Å². The first-order valence-corrected chi connectivity index (χ1v) is 6.01. The Morgan fingerprint density at radius 1 is 1.18 bits per heavy atom. The Balaban J connectivity index is 2.65. The first-order valence-electron chi connectivity index (χ1n) is 5.31. The monoisotopic (exact) mass is 249 g/mol. The van der Waals surface area contributed by atoms with Crippen LogP contribution < -0.4 is 0 Å². The predicted molar refractivity (Wildman–Crippen MR) is 63.5 cm³/mol.